The first-order valence-electron chi connectivity index (χ1n) is 4.93. The Labute approximate surface area is 91.5 Å². The van der Waals surface area contributed by atoms with Crippen molar-refractivity contribution in [2.45, 2.75) is 30.6 Å². The Morgan fingerprint density at radius 3 is 2.50 bits per heavy atom. The van der Waals surface area contributed by atoms with Crippen LogP contribution >= 0.6 is 0 Å². The van der Waals surface area contributed by atoms with E-state index in [-0.39, 0.29) is 0 Å². The van der Waals surface area contributed by atoms with Crippen molar-refractivity contribution in [2.75, 3.05) is 6.61 Å². The zero-order valence-corrected chi connectivity index (χ0v) is 8.42. The summed E-state index contributed by atoms with van der Waals surface area (Å²) in [6.07, 6.45) is -1.24. The molecule has 7 heteroatoms. The molecule has 4 N–H and O–H groups in total. The first kappa shape index (κ1) is 11.5. The maximum Gasteiger partial charge on any atom is 0.164 e. The van der Waals surface area contributed by atoms with Gasteiger partial charge < -0.3 is 29.7 Å². The van der Waals surface area contributed by atoms with Crippen LogP contribution in [0.3, 0.4) is 0 Å². The molecule has 0 radical (unpaired) electrons. The summed E-state index contributed by atoms with van der Waals surface area (Å²) < 4.78 is 6.75. The normalized spacial score (nSPS) is 39.9. The minimum atomic E-state index is -1.36. The molecule has 0 saturated carbocycles. The lowest BCUT2D eigenvalue weighted by molar-refractivity contribution is -0.251. The monoisotopic (exact) mass is 230 g/mol. The van der Waals surface area contributed by atoms with E-state index in [0.29, 0.717) is 0 Å². The Bertz CT molecular complexity index is 329. The number of aliphatic hydroxyl groups excluding tert-OH is 4. The van der Waals surface area contributed by atoms with E-state index in [1.54, 1.807) is 6.20 Å². The van der Waals surface area contributed by atoms with Crippen LogP contribution < -0.4 is 0 Å². The second kappa shape index (κ2) is 4.48. The zero-order valence-electron chi connectivity index (χ0n) is 8.42. The quantitative estimate of drug-likeness (QED) is 0.461. The summed E-state index contributed by atoms with van der Waals surface area (Å²) in [5, 5.41) is 37.8. The van der Waals surface area contributed by atoms with Gasteiger partial charge in [-0.3, -0.25) is 0 Å². The van der Waals surface area contributed by atoms with Crippen LogP contribution in [0.25, 0.3) is 0 Å². The maximum absolute atomic E-state index is 9.73. The molecule has 1 aliphatic heterocycles. The summed E-state index contributed by atoms with van der Waals surface area (Å²) in [7, 11) is 0. The van der Waals surface area contributed by atoms with E-state index in [2.05, 4.69) is 4.98 Å². The average Bonchev–Trinajstić information content (AvgIpc) is 2.80. The molecule has 16 heavy (non-hydrogen) atoms. The fraction of sp³-hybridized carbons (Fsp3) is 0.667. The number of nitrogens with zero attached hydrogens (tertiary/aromatic N) is 2. The minimum Gasteiger partial charge on any atom is -0.394 e. The van der Waals surface area contributed by atoms with Crippen molar-refractivity contribution < 1.29 is 25.2 Å². The van der Waals surface area contributed by atoms with Crippen molar-refractivity contribution in [3.8, 4) is 0 Å². The van der Waals surface area contributed by atoms with Crippen molar-refractivity contribution in [2.24, 2.45) is 0 Å². The standard InChI is InChI=1S/C9H14N2O5/c12-3-5-6(13)7(14)8(15)9(16-5)11-2-1-10-4-11/h1-2,4-9,12-15H,3H2/t5-,6-,7+,8-,9?/m1/s1. The second-order valence-corrected chi connectivity index (χ2v) is 3.73. The Kier molecular flexibility index (Phi) is 3.22. The summed E-state index contributed by atoms with van der Waals surface area (Å²) in [5.74, 6) is 0. The number of hydrogen-bond donors (Lipinski definition) is 4. The Balaban J connectivity index is 2.20. The number of aromatic nitrogens is 2. The Morgan fingerprint density at radius 2 is 1.94 bits per heavy atom. The molecule has 0 bridgehead atoms. The summed E-state index contributed by atoms with van der Waals surface area (Å²) >= 11 is 0. The molecule has 1 aromatic heterocycles. The van der Waals surface area contributed by atoms with Gasteiger partial charge in [-0.2, -0.15) is 0 Å². The van der Waals surface area contributed by atoms with E-state index < -0.39 is 37.3 Å². The fourth-order valence-corrected chi connectivity index (χ4v) is 1.75. The first-order chi connectivity index (χ1) is 7.65. The van der Waals surface area contributed by atoms with Gasteiger partial charge >= 0.3 is 0 Å². The molecule has 1 aromatic rings. The molecule has 1 fully saturated rings. The highest BCUT2D eigenvalue weighted by Gasteiger charge is 2.43. The highest BCUT2D eigenvalue weighted by atomic mass is 16.6. The van der Waals surface area contributed by atoms with E-state index in [1.165, 1.54) is 17.1 Å². The summed E-state index contributed by atoms with van der Waals surface area (Å²) in [6.45, 7) is -0.434. The van der Waals surface area contributed by atoms with Crippen LogP contribution in [0, 0.1) is 0 Å². The SMILES string of the molecule is OC[C@H]1OC(n2ccnc2)[C@H](O)[C@@H](O)[C@@H]1O. The highest BCUT2D eigenvalue weighted by Crippen LogP contribution is 2.27. The Hall–Kier alpha value is -0.990. The fourth-order valence-electron chi connectivity index (χ4n) is 1.75. The van der Waals surface area contributed by atoms with Crippen LogP contribution in [-0.2, 0) is 4.74 Å². The van der Waals surface area contributed by atoms with Crippen LogP contribution in [-0.4, -0.2) is 61.0 Å². The molecule has 90 valence electrons. The molecule has 0 spiro atoms. The molecule has 0 aliphatic carbocycles. The van der Waals surface area contributed by atoms with Gasteiger partial charge in [-0.1, -0.05) is 0 Å². The number of hydrogen-bond acceptors (Lipinski definition) is 6. The maximum atomic E-state index is 9.73. The van der Waals surface area contributed by atoms with E-state index in [4.69, 9.17) is 9.84 Å². The zero-order chi connectivity index (χ0) is 11.7. The van der Waals surface area contributed by atoms with Gasteiger partial charge in [0.1, 0.15) is 24.4 Å². The van der Waals surface area contributed by atoms with Crippen molar-refractivity contribution >= 4 is 0 Å². The van der Waals surface area contributed by atoms with E-state index in [1.807, 2.05) is 0 Å². The molecule has 2 rings (SSSR count). The number of imidazole rings is 1. The molecular weight excluding hydrogens is 216 g/mol. The summed E-state index contributed by atoms with van der Waals surface area (Å²) in [5.41, 5.74) is 0. The van der Waals surface area contributed by atoms with Gasteiger partial charge in [0.2, 0.25) is 0 Å². The van der Waals surface area contributed by atoms with Crippen molar-refractivity contribution in [1.82, 2.24) is 9.55 Å². The van der Waals surface area contributed by atoms with Gasteiger partial charge in [0, 0.05) is 12.4 Å². The molecule has 7 nitrogen and oxygen atoms in total. The van der Waals surface area contributed by atoms with Crippen LogP contribution in [0.5, 0.6) is 0 Å². The number of rotatable bonds is 2. The van der Waals surface area contributed by atoms with E-state index in [9.17, 15) is 15.3 Å². The van der Waals surface area contributed by atoms with Crippen molar-refractivity contribution in [1.29, 1.82) is 0 Å². The van der Waals surface area contributed by atoms with Gasteiger partial charge in [0.15, 0.2) is 6.23 Å². The largest absolute Gasteiger partial charge is 0.394 e. The third-order valence-electron chi connectivity index (χ3n) is 2.69. The lowest BCUT2D eigenvalue weighted by Gasteiger charge is -2.40. The van der Waals surface area contributed by atoms with Gasteiger partial charge in [-0.15, -0.1) is 0 Å². The molecule has 5 atom stereocenters. The smallest absolute Gasteiger partial charge is 0.164 e. The molecule has 0 aromatic carbocycles. The van der Waals surface area contributed by atoms with Crippen LogP contribution in [0.4, 0.5) is 0 Å². The predicted molar refractivity (Wildman–Crippen MR) is 51.2 cm³/mol. The summed E-state index contributed by atoms with van der Waals surface area (Å²) in [4.78, 5) is 3.79. The lowest BCUT2D eigenvalue weighted by atomic mass is 9.98. The number of ether oxygens (including phenoxy) is 1. The van der Waals surface area contributed by atoms with E-state index in [0.717, 1.165) is 0 Å². The lowest BCUT2D eigenvalue weighted by Crippen LogP contribution is -2.56. The number of aliphatic hydroxyl groups is 4. The second-order valence-electron chi connectivity index (χ2n) is 3.73. The molecule has 2 heterocycles. The highest BCUT2D eigenvalue weighted by molar-refractivity contribution is 4.92. The van der Waals surface area contributed by atoms with Gasteiger partial charge in [0.25, 0.3) is 0 Å². The van der Waals surface area contributed by atoms with Gasteiger partial charge in [-0.05, 0) is 0 Å². The third-order valence-corrected chi connectivity index (χ3v) is 2.69. The topological polar surface area (TPSA) is 108 Å². The molecule has 1 saturated heterocycles. The average molecular weight is 230 g/mol. The first-order valence-corrected chi connectivity index (χ1v) is 4.93. The molecule has 0 amide bonds. The minimum absolute atomic E-state index is 0.434. The van der Waals surface area contributed by atoms with E-state index >= 15 is 0 Å². The van der Waals surface area contributed by atoms with Crippen molar-refractivity contribution in [3.63, 3.8) is 0 Å². The van der Waals surface area contributed by atoms with Crippen LogP contribution in [0.15, 0.2) is 18.7 Å². The van der Waals surface area contributed by atoms with Gasteiger partial charge in [0.05, 0.1) is 12.9 Å². The molecule has 1 unspecified atom stereocenters. The predicted octanol–water partition coefficient (Wildman–Crippen LogP) is -2.14. The van der Waals surface area contributed by atoms with Crippen LogP contribution in [0.1, 0.15) is 6.23 Å². The van der Waals surface area contributed by atoms with Crippen LogP contribution in [0.2, 0.25) is 0 Å². The third kappa shape index (κ3) is 1.83. The van der Waals surface area contributed by atoms with Gasteiger partial charge in [-0.25, -0.2) is 4.98 Å². The Morgan fingerprint density at radius 1 is 1.19 bits per heavy atom. The van der Waals surface area contributed by atoms with Crippen molar-refractivity contribution in [3.05, 3.63) is 18.7 Å². The summed E-state index contributed by atoms with van der Waals surface area (Å²) in [6, 6.07) is 0. The molecule has 1 aliphatic rings. The molecular formula is C9H14N2O5.